The van der Waals surface area contributed by atoms with Gasteiger partial charge in [0.2, 0.25) is 5.91 Å². The van der Waals surface area contributed by atoms with Gasteiger partial charge in [-0.2, -0.15) is 5.10 Å². The summed E-state index contributed by atoms with van der Waals surface area (Å²) in [5.41, 5.74) is 3.39. The molecule has 1 aliphatic carbocycles. The van der Waals surface area contributed by atoms with Crippen molar-refractivity contribution in [3.8, 4) is 5.69 Å². The molecule has 1 amide bonds. The largest absolute Gasteiger partial charge is 0.357 e. The SMILES string of the molecule is CCNC(=NCCCc1cn(-c2ccccc2)nc1C)NCCNC(=O)C1CC1. The van der Waals surface area contributed by atoms with E-state index in [9.17, 15) is 4.79 Å². The molecule has 1 aromatic heterocycles. The van der Waals surface area contributed by atoms with Crippen LogP contribution in [0.5, 0.6) is 0 Å². The van der Waals surface area contributed by atoms with E-state index in [4.69, 9.17) is 0 Å². The molecule has 1 heterocycles. The summed E-state index contributed by atoms with van der Waals surface area (Å²) in [5.74, 6) is 1.23. The van der Waals surface area contributed by atoms with Gasteiger partial charge in [0.1, 0.15) is 0 Å². The number of aryl methyl sites for hydroxylation is 2. The number of rotatable bonds is 10. The zero-order valence-corrected chi connectivity index (χ0v) is 17.4. The first-order valence-corrected chi connectivity index (χ1v) is 10.6. The van der Waals surface area contributed by atoms with Gasteiger partial charge < -0.3 is 16.0 Å². The molecule has 156 valence electrons. The van der Waals surface area contributed by atoms with Crippen LogP contribution >= 0.6 is 0 Å². The Hall–Kier alpha value is -2.83. The molecule has 7 heteroatoms. The van der Waals surface area contributed by atoms with Crippen molar-refractivity contribution in [1.82, 2.24) is 25.7 Å². The van der Waals surface area contributed by atoms with Gasteiger partial charge in [0, 0.05) is 38.3 Å². The summed E-state index contributed by atoms with van der Waals surface area (Å²) in [5, 5.41) is 14.1. The van der Waals surface area contributed by atoms with Crippen molar-refractivity contribution >= 4 is 11.9 Å². The smallest absolute Gasteiger partial charge is 0.223 e. The van der Waals surface area contributed by atoms with Gasteiger partial charge in [0.15, 0.2) is 5.96 Å². The van der Waals surface area contributed by atoms with E-state index in [1.54, 1.807) is 0 Å². The highest BCUT2D eigenvalue weighted by Gasteiger charge is 2.28. The second-order valence-corrected chi connectivity index (χ2v) is 7.38. The molecule has 0 bridgehead atoms. The van der Waals surface area contributed by atoms with Gasteiger partial charge in [-0.3, -0.25) is 9.79 Å². The number of carbonyl (C=O) groups excluding carboxylic acids is 1. The van der Waals surface area contributed by atoms with Crippen LogP contribution in [0.3, 0.4) is 0 Å². The second kappa shape index (κ2) is 10.6. The van der Waals surface area contributed by atoms with Crippen LogP contribution in [-0.2, 0) is 11.2 Å². The van der Waals surface area contributed by atoms with Crippen LogP contribution in [0.25, 0.3) is 5.69 Å². The first kappa shape index (κ1) is 20.9. The number of benzene rings is 1. The van der Waals surface area contributed by atoms with E-state index in [2.05, 4.69) is 51.3 Å². The lowest BCUT2D eigenvalue weighted by Crippen LogP contribution is -2.41. The molecule has 0 radical (unpaired) electrons. The van der Waals surface area contributed by atoms with Gasteiger partial charge in [0.25, 0.3) is 0 Å². The minimum atomic E-state index is 0.181. The monoisotopic (exact) mass is 396 g/mol. The standard InChI is InChI=1S/C22H32N6O/c1-3-23-22(26-15-14-24-21(29)18-11-12-18)25-13-7-8-19-16-28(27-17(19)2)20-9-5-4-6-10-20/h4-6,9-10,16,18H,3,7-8,11-15H2,1-2H3,(H,24,29)(H2,23,25,26). The molecule has 2 aromatic rings. The average molecular weight is 397 g/mol. The third-order valence-electron chi connectivity index (χ3n) is 4.90. The Kier molecular flexibility index (Phi) is 7.67. The van der Waals surface area contributed by atoms with Gasteiger partial charge >= 0.3 is 0 Å². The predicted octanol–water partition coefficient (Wildman–Crippen LogP) is 2.19. The Morgan fingerprint density at radius 2 is 1.93 bits per heavy atom. The molecular formula is C22H32N6O. The third-order valence-corrected chi connectivity index (χ3v) is 4.90. The summed E-state index contributed by atoms with van der Waals surface area (Å²) < 4.78 is 1.94. The second-order valence-electron chi connectivity index (χ2n) is 7.38. The molecule has 0 saturated heterocycles. The van der Waals surface area contributed by atoms with Crippen molar-refractivity contribution < 1.29 is 4.79 Å². The molecule has 0 spiro atoms. The maximum atomic E-state index is 11.6. The van der Waals surface area contributed by atoms with Crippen molar-refractivity contribution in [2.24, 2.45) is 10.9 Å². The minimum Gasteiger partial charge on any atom is -0.357 e. The minimum absolute atomic E-state index is 0.181. The number of amides is 1. The maximum Gasteiger partial charge on any atom is 0.223 e. The lowest BCUT2D eigenvalue weighted by atomic mass is 10.1. The average Bonchev–Trinajstić information content (AvgIpc) is 3.52. The molecule has 29 heavy (non-hydrogen) atoms. The van der Waals surface area contributed by atoms with Crippen LogP contribution in [0.15, 0.2) is 41.5 Å². The summed E-state index contributed by atoms with van der Waals surface area (Å²) in [4.78, 5) is 16.3. The fourth-order valence-electron chi connectivity index (χ4n) is 3.11. The molecule has 1 fully saturated rings. The van der Waals surface area contributed by atoms with Crippen molar-refractivity contribution in [2.75, 3.05) is 26.2 Å². The highest BCUT2D eigenvalue weighted by molar-refractivity contribution is 5.81. The zero-order valence-electron chi connectivity index (χ0n) is 17.4. The highest BCUT2D eigenvalue weighted by Crippen LogP contribution is 2.28. The maximum absolute atomic E-state index is 11.6. The predicted molar refractivity (Wildman–Crippen MR) is 116 cm³/mol. The molecule has 1 saturated carbocycles. The van der Waals surface area contributed by atoms with Gasteiger partial charge in [-0.1, -0.05) is 18.2 Å². The van der Waals surface area contributed by atoms with Crippen LogP contribution in [0, 0.1) is 12.8 Å². The molecule has 0 atom stereocenters. The number of carbonyl (C=O) groups is 1. The molecule has 0 unspecified atom stereocenters. The highest BCUT2D eigenvalue weighted by atomic mass is 16.2. The van der Waals surface area contributed by atoms with E-state index in [1.165, 1.54) is 5.56 Å². The van der Waals surface area contributed by atoms with Crippen LogP contribution in [0.4, 0.5) is 0 Å². The Morgan fingerprint density at radius 1 is 1.17 bits per heavy atom. The summed E-state index contributed by atoms with van der Waals surface area (Å²) >= 11 is 0. The van der Waals surface area contributed by atoms with Gasteiger partial charge in [0.05, 0.1) is 11.4 Å². The fourth-order valence-corrected chi connectivity index (χ4v) is 3.11. The molecule has 1 aromatic carbocycles. The Balaban J connectivity index is 1.42. The van der Waals surface area contributed by atoms with E-state index in [0.29, 0.717) is 13.1 Å². The first-order chi connectivity index (χ1) is 14.2. The summed E-state index contributed by atoms with van der Waals surface area (Å²) in [6, 6.07) is 10.2. The number of guanidine groups is 1. The fraction of sp³-hybridized carbons (Fsp3) is 0.500. The Bertz CT molecular complexity index is 810. The van der Waals surface area contributed by atoms with Crippen LogP contribution in [0.2, 0.25) is 0 Å². The van der Waals surface area contributed by atoms with Crippen molar-refractivity contribution in [1.29, 1.82) is 0 Å². The Labute approximate surface area is 173 Å². The molecule has 3 rings (SSSR count). The van der Waals surface area contributed by atoms with Crippen LogP contribution in [0.1, 0.15) is 37.4 Å². The van der Waals surface area contributed by atoms with Gasteiger partial charge in [-0.25, -0.2) is 4.68 Å². The third kappa shape index (κ3) is 6.62. The van der Waals surface area contributed by atoms with E-state index >= 15 is 0 Å². The molecule has 0 aliphatic heterocycles. The van der Waals surface area contributed by atoms with Crippen LogP contribution in [-0.4, -0.2) is 47.8 Å². The number of nitrogens with zero attached hydrogens (tertiary/aromatic N) is 3. The zero-order chi connectivity index (χ0) is 20.5. The number of aromatic nitrogens is 2. The normalized spacial score (nSPS) is 13.9. The number of aliphatic imine (C=N–C) groups is 1. The number of para-hydroxylation sites is 1. The first-order valence-electron chi connectivity index (χ1n) is 10.6. The van der Waals surface area contributed by atoms with E-state index in [1.807, 2.05) is 29.8 Å². The molecule has 7 nitrogen and oxygen atoms in total. The number of hydrogen-bond acceptors (Lipinski definition) is 3. The lowest BCUT2D eigenvalue weighted by Gasteiger charge is -2.11. The van der Waals surface area contributed by atoms with Gasteiger partial charge in [-0.05, 0) is 57.2 Å². The number of nitrogens with one attached hydrogen (secondary N) is 3. The topological polar surface area (TPSA) is 83.3 Å². The van der Waals surface area contributed by atoms with Crippen molar-refractivity contribution in [3.05, 3.63) is 47.8 Å². The van der Waals surface area contributed by atoms with Crippen molar-refractivity contribution in [2.45, 2.75) is 39.5 Å². The number of hydrogen-bond donors (Lipinski definition) is 3. The van der Waals surface area contributed by atoms with Crippen LogP contribution < -0.4 is 16.0 Å². The summed E-state index contributed by atoms with van der Waals surface area (Å²) in [7, 11) is 0. The molecule has 1 aliphatic rings. The van der Waals surface area contributed by atoms with E-state index < -0.39 is 0 Å². The van der Waals surface area contributed by atoms with E-state index in [0.717, 1.165) is 56.1 Å². The molecular weight excluding hydrogens is 364 g/mol. The van der Waals surface area contributed by atoms with Crippen molar-refractivity contribution in [3.63, 3.8) is 0 Å². The Morgan fingerprint density at radius 3 is 2.66 bits per heavy atom. The lowest BCUT2D eigenvalue weighted by molar-refractivity contribution is -0.122. The molecule has 3 N–H and O–H groups in total. The quantitative estimate of drug-likeness (QED) is 0.327. The van der Waals surface area contributed by atoms with Gasteiger partial charge in [-0.15, -0.1) is 0 Å². The summed E-state index contributed by atoms with van der Waals surface area (Å²) in [6.45, 7) is 6.95. The summed E-state index contributed by atoms with van der Waals surface area (Å²) in [6.07, 6.45) is 6.08. The van der Waals surface area contributed by atoms with E-state index in [-0.39, 0.29) is 11.8 Å².